The summed E-state index contributed by atoms with van der Waals surface area (Å²) >= 11 is 6.01. The van der Waals surface area contributed by atoms with Crippen LogP contribution in [0.2, 0.25) is 5.02 Å². The lowest BCUT2D eigenvalue weighted by Gasteiger charge is -2.14. The molecular weight excluding hydrogens is 336 g/mol. The van der Waals surface area contributed by atoms with Gasteiger partial charge in [-0.25, -0.2) is 4.68 Å². The molecule has 3 aromatic rings. The Hall–Kier alpha value is -3.10. The predicted octanol–water partition coefficient (Wildman–Crippen LogP) is 4.20. The van der Waals surface area contributed by atoms with Gasteiger partial charge in [0.15, 0.2) is 0 Å². The Morgan fingerprint density at radius 2 is 1.96 bits per heavy atom. The molecule has 0 amide bonds. The van der Waals surface area contributed by atoms with Crippen molar-refractivity contribution in [3.05, 3.63) is 75.5 Å². The minimum absolute atomic E-state index is 0.195. The Kier molecular flexibility index (Phi) is 4.82. The highest BCUT2D eigenvalue weighted by Gasteiger charge is 2.18. The zero-order valence-corrected chi connectivity index (χ0v) is 14.3. The van der Waals surface area contributed by atoms with E-state index in [2.05, 4.69) is 16.5 Å². The first-order valence-corrected chi connectivity index (χ1v) is 8.15. The van der Waals surface area contributed by atoms with Gasteiger partial charge in [0.1, 0.15) is 23.0 Å². The molecule has 0 aliphatic carbocycles. The second kappa shape index (κ2) is 7.20. The second-order valence-electron chi connectivity index (χ2n) is 5.33. The van der Waals surface area contributed by atoms with Crippen molar-refractivity contribution in [3.63, 3.8) is 0 Å². The van der Waals surface area contributed by atoms with Gasteiger partial charge in [0, 0.05) is 22.8 Å². The first kappa shape index (κ1) is 16.7. The van der Waals surface area contributed by atoms with Crippen molar-refractivity contribution >= 4 is 23.0 Å². The summed E-state index contributed by atoms with van der Waals surface area (Å²) in [4.78, 5) is 12.7. The van der Waals surface area contributed by atoms with E-state index in [0.29, 0.717) is 22.9 Å². The Labute approximate surface area is 150 Å². The summed E-state index contributed by atoms with van der Waals surface area (Å²) in [5, 5.41) is 17.6. The molecule has 0 bridgehead atoms. The number of aromatic nitrogens is 2. The Morgan fingerprint density at radius 1 is 1.20 bits per heavy atom. The summed E-state index contributed by atoms with van der Waals surface area (Å²) in [6, 6.07) is 18.4. The van der Waals surface area contributed by atoms with Crippen LogP contribution < -0.4 is 10.9 Å². The summed E-state index contributed by atoms with van der Waals surface area (Å²) in [5.41, 5.74) is 1.93. The number of nitrogens with one attached hydrogen (secondary N) is 1. The third-order valence-electron chi connectivity index (χ3n) is 3.71. The molecule has 124 valence electrons. The zero-order valence-electron chi connectivity index (χ0n) is 13.5. The highest BCUT2D eigenvalue weighted by molar-refractivity contribution is 6.30. The van der Waals surface area contributed by atoms with Crippen LogP contribution in [0.3, 0.4) is 0 Å². The molecule has 1 heterocycles. The fourth-order valence-corrected chi connectivity index (χ4v) is 2.71. The van der Waals surface area contributed by atoms with Crippen molar-refractivity contribution in [2.75, 3.05) is 5.32 Å². The topological polar surface area (TPSA) is 70.7 Å². The van der Waals surface area contributed by atoms with Crippen LogP contribution in [0, 0.1) is 11.3 Å². The smallest absolute Gasteiger partial charge is 0.291 e. The SMILES string of the molecule is CCn1nc(-c2ccccc2)c(C#N)c(Nc2cccc(Cl)c2)c1=O. The van der Waals surface area contributed by atoms with E-state index in [4.69, 9.17) is 11.6 Å². The first-order valence-electron chi connectivity index (χ1n) is 7.77. The number of nitriles is 1. The number of anilines is 2. The van der Waals surface area contributed by atoms with E-state index in [0.717, 1.165) is 5.56 Å². The Morgan fingerprint density at radius 3 is 2.60 bits per heavy atom. The fraction of sp³-hybridized carbons (Fsp3) is 0.105. The van der Waals surface area contributed by atoms with E-state index in [1.807, 2.05) is 37.3 Å². The zero-order chi connectivity index (χ0) is 17.8. The molecule has 0 aliphatic rings. The average Bonchev–Trinajstić information content (AvgIpc) is 2.64. The molecule has 0 aliphatic heterocycles. The molecule has 0 radical (unpaired) electrons. The number of halogens is 1. The van der Waals surface area contributed by atoms with E-state index in [1.54, 1.807) is 24.3 Å². The predicted molar refractivity (Wildman–Crippen MR) is 99.1 cm³/mol. The van der Waals surface area contributed by atoms with E-state index in [-0.39, 0.29) is 16.8 Å². The van der Waals surface area contributed by atoms with Crippen molar-refractivity contribution in [1.29, 1.82) is 5.26 Å². The summed E-state index contributed by atoms with van der Waals surface area (Å²) < 4.78 is 1.34. The van der Waals surface area contributed by atoms with Gasteiger partial charge < -0.3 is 5.32 Å². The van der Waals surface area contributed by atoms with Crippen LogP contribution in [-0.2, 0) is 6.54 Å². The van der Waals surface area contributed by atoms with Crippen molar-refractivity contribution in [2.45, 2.75) is 13.5 Å². The number of nitrogens with zero attached hydrogens (tertiary/aromatic N) is 3. The number of hydrogen-bond donors (Lipinski definition) is 1. The lowest BCUT2D eigenvalue weighted by molar-refractivity contribution is 0.620. The summed E-state index contributed by atoms with van der Waals surface area (Å²) in [5.74, 6) is 0. The van der Waals surface area contributed by atoms with E-state index in [1.165, 1.54) is 4.68 Å². The molecule has 6 heteroatoms. The quantitative estimate of drug-likeness (QED) is 0.765. The molecule has 2 aromatic carbocycles. The second-order valence-corrected chi connectivity index (χ2v) is 5.77. The monoisotopic (exact) mass is 350 g/mol. The third-order valence-corrected chi connectivity index (χ3v) is 3.94. The van der Waals surface area contributed by atoms with Crippen LogP contribution in [-0.4, -0.2) is 9.78 Å². The van der Waals surface area contributed by atoms with Gasteiger partial charge in [0.05, 0.1) is 0 Å². The molecule has 0 saturated carbocycles. The molecule has 0 atom stereocenters. The van der Waals surface area contributed by atoms with Crippen molar-refractivity contribution < 1.29 is 0 Å². The van der Waals surface area contributed by atoms with Crippen LogP contribution in [0.1, 0.15) is 12.5 Å². The van der Waals surface area contributed by atoms with Gasteiger partial charge >= 0.3 is 0 Å². The molecule has 0 unspecified atom stereocenters. The lowest BCUT2D eigenvalue weighted by Crippen LogP contribution is -2.26. The molecule has 1 aromatic heterocycles. The van der Waals surface area contributed by atoms with E-state index in [9.17, 15) is 10.1 Å². The van der Waals surface area contributed by atoms with Gasteiger partial charge in [-0.15, -0.1) is 0 Å². The molecular formula is C19H15ClN4O. The number of hydrogen-bond acceptors (Lipinski definition) is 4. The maximum Gasteiger partial charge on any atom is 0.291 e. The number of benzene rings is 2. The van der Waals surface area contributed by atoms with E-state index >= 15 is 0 Å². The van der Waals surface area contributed by atoms with Crippen LogP contribution in [0.5, 0.6) is 0 Å². The van der Waals surface area contributed by atoms with Crippen LogP contribution in [0.25, 0.3) is 11.3 Å². The first-order chi connectivity index (χ1) is 12.1. The number of aryl methyl sites for hydroxylation is 1. The average molecular weight is 351 g/mol. The van der Waals surface area contributed by atoms with Crippen molar-refractivity contribution in [2.24, 2.45) is 0 Å². The summed E-state index contributed by atoms with van der Waals surface area (Å²) in [7, 11) is 0. The largest absolute Gasteiger partial charge is 0.350 e. The van der Waals surface area contributed by atoms with Gasteiger partial charge in [-0.3, -0.25) is 4.79 Å². The molecule has 0 saturated heterocycles. The van der Waals surface area contributed by atoms with Gasteiger partial charge in [-0.1, -0.05) is 48.0 Å². The number of rotatable bonds is 4. The maximum atomic E-state index is 12.7. The standard InChI is InChI=1S/C19H15ClN4O/c1-2-24-19(25)18(22-15-10-6-9-14(20)11-15)16(12-21)17(23-24)13-7-4-3-5-8-13/h3-11,22H,2H2,1H3. The van der Waals surface area contributed by atoms with Gasteiger partial charge in [0.25, 0.3) is 5.56 Å². The van der Waals surface area contributed by atoms with Gasteiger partial charge in [-0.2, -0.15) is 10.4 Å². The van der Waals surface area contributed by atoms with Gasteiger partial charge in [0.2, 0.25) is 0 Å². The van der Waals surface area contributed by atoms with Crippen molar-refractivity contribution in [1.82, 2.24) is 9.78 Å². The molecule has 0 spiro atoms. The minimum Gasteiger partial charge on any atom is -0.350 e. The van der Waals surface area contributed by atoms with E-state index < -0.39 is 0 Å². The Bertz CT molecular complexity index is 1010. The van der Waals surface area contributed by atoms with Gasteiger partial charge in [-0.05, 0) is 25.1 Å². The molecule has 25 heavy (non-hydrogen) atoms. The molecule has 0 fully saturated rings. The molecule has 5 nitrogen and oxygen atoms in total. The highest BCUT2D eigenvalue weighted by Crippen LogP contribution is 2.27. The third kappa shape index (κ3) is 3.39. The van der Waals surface area contributed by atoms with Crippen LogP contribution in [0.4, 0.5) is 11.4 Å². The van der Waals surface area contributed by atoms with Crippen molar-refractivity contribution in [3.8, 4) is 17.3 Å². The maximum absolute atomic E-state index is 12.7. The fourth-order valence-electron chi connectivity index (χ4n) is 2.52. The normalized spacial score (nSPS) is 10.3. The van der Waals surface area contributed by atoms with Crippen LogP contribution in [0.15, 0.2) is 59.4 Å². The molecule has 3 rings (SSSR count). The molecule has 1 N–H and O–H groups in total. The highest BCUT2D eigenvalue weighted by atomic mass is 35.5. The lowest BCUT2D eigenvalue weighted by atomic mass is 10.1. The summed E-state index contributed by atoms with van der Waals surface area (Å²) in [6.45, 7) is 2.23. The minimum atomic E-state index is -0.348. The van der Waals surface area contributed by atoms with Crippen LogP contribution >= 0.6 is 11.6 Å². The Balaban J connectivity index is 2.23. The summed E-state index contributed by atoms with van der Waals surface area (Å²) in [6.07, 6.45) is 0.